The predicted octanol–water partition coefficient (Wildman–Crippen LogP) is 5.47. The Hall–Kier alpha value is -2.57. The largest absolute Gasteiger partial charge is 0.472 e. The van der Waals surface area contributed by atoms with E-state index in [9.17, 15) is 4.79 Å². The average Bonchev–Trinajstić information content (AvgIpc) is 2.79. The van der Waals surface area contributed by atoms with E-state index in [0.717, 1.165) is 47.1 Å². The van der Waals surface area contributed by atoms with Crippen LogP contribution < -0.4 is 15.2 Å². The molecule has 3 aromatic rings. The van der Waals surface area contributed by atoms with E-state index in [2.05, 4.69) is 46.9 Å². The molecule has 7 heteroatoms. The second kappa shape index (κ2) is 10.4. The van der Waals surface area contributed by atoms with Crippen LogP contribution >= 0.6 is 11.6 Å². The van der Waals surface area contributed by atoms with E-state index in [1.807, 2.05) is 32.0 Å². The van der Waals surface area contributed by atoms with Crippen molar-refractivity contribution in [3.8, 4) is 5.88 Å². The Balaban J connectivity index is 1.65. The lowest BCUT2D eigenvalue weighted by Gasteiger charge is -2.40. The summed E-state index contributed by atoms with van der Waals surface area (Å²) < 4.78 is 6.10. The van der Waals surface area contributed by atoms with Crippen LogP contribution in [0.1, 0.15) is 49.4 Å². The van der Waals surface area contributed by atoms with Gasteiger partial charge in [0.05, 0.1) is 5.56 Å². The summed E-state index contributed by atoms with van der Waals surface area (Å²) in [6, 6.07) is 9.09. The van der Waals surface area contributed by atoms with Crippen LogP contribution in [0.3, 0.4) is 0 Å². The summed E-state index contributed by atoms with van der Waals surface area (Å²) in [5, 5.41) is 2.59. The van der Waals surface area contributed by atoms with Crippen molar-refractivity contribution in [1.82, 2.24) is 14.9 Å². The van der Waals surface area contributed by atoms with Gasteiger partial charge in [0.2, 0.25) is 5.88 Å². The molecule has 2 heterocycles. The van der Waals surface area contributed by atoms with Gasteiger partial charge in [-0.1, -0.05) is 11.6 Å². The van der Waals surface area contributed by atoms with E-state index in [0.29, 0.717) is 28.5 Å². The molecule has 0 unspecified atom stereocenters. The van der Waals surface area contributed by atoms with Crippen LogP contribution in [0.2, 0.25) is 5.02 Å². The highest BCUT2D eigenvalue weighted by molar-refractivity contribution is 6.32. The van der Waals surface area contributed by atoms with Crippen molar-refractivity contribution in [1.29, 1.82) is 0 Å². The number of anilines is 1. The number of fused-ring (bicyclic) bond motifs is 1. The van der Waals surface area contributed by atoms with E-state index in [1.54, 1.807) is 6.20 Å². The highest BCUT2D eigenvalue weighted by atomic mass is 35.5. The molecule has 34 heavy (non-hydrogen) atoms. The van der Waals surface area contributed by atoms with Gasteiger partial charge in [0.15, 0.2) is 0 Å². The number of H-pyrrole nitrogens is 1. The maximum absolute atomic E-state index is 12.4. The van der Waals surface area contributed by atoms with Crippen LogP contribution in [0.5, 0.6) is 5.88 Å². The Bertz CT molecular complexity index is 1220. The first kappa shape index (κ1) is 24.6. The minimum Gasteiger partial charge on any atom is -0.472 e. The number of nitrogens with one attached hydrogen (secondary N) is 1. The number of aryl methyl sites for hydroxylation is 2. The number of ether oxygens (including phenoxy) is 1. The third-order valence-corrected chi connectivity index (χ3v) is 7.34. The van der Waals surface area contributed by atoms with E-state index in [1.165, 1.54) is 12.8 Å². The normalized spacial score (nSPS) is 18.4. The molecule has 1 saturated carbocycles. The second-order valence-corrected chi connectivity index (χ2v) is 10.0. The summed E-state index contributed by atoms with van der Waals surface area (Å²) in [5.74, 6) is 0.494. The van der Waals surface area contributed by atoms with Crippen molar-refractivity contribution in [2.24, 2.45) is 0 Å². The quantitative estimate of drug-likeness (QED) is 0.483. The van der Waals surface area contributed by atoms with Crippen molar-refractivity contribution >= 4 is 28.1 Å². The summed E-state index contributed by atoms with van der Waals surface area (Å²) in [6.07, 6.45) is 6.50. The minimum atomic E-state index is -0.123. The molecule has 182 valence electrons. The smallest absolute Gasteiger partial charge is 0.255 e. The molecule has 2 aromatic heterocycles. The molecule has 1 aliphatic carbocycles. The van der Waals surface area contributed by atoms with Gasteiger partial charge in [0.1, 0.15) is 6.61 Å². The molecule has 0 bridgehead atoms. The van der Waals surface area contributed by atoms with Gasteiger partial charge < -0.3 is 19.5 Å². The number of pyridine rings is 2. The molecule has 0 spiro atoms. The lowest BCUT2D eigenvalue weighted by molar-refractivity contribution is 0.214. The first-order chi connectivity index (χ1) is 16.3. The SMILES string of the molecule is CCN(c1cc(Cl)cc2c(OCc3c(C)cc(C)[nH]c3=O)nccc12)[C@H]1CC[C@@H](N(C)C)CC1. The van der Waals surface area contributed by atoms with Crippen molar-refractivity contribution in [3.05, 3.63) is 62.7 Å². The number of nitrogens with zero attached hydrogens (tertiary/aromatic N) is 3. The molecule has 0 amide bonds. The second-order valence-electron chi connectivity index (χ2n) is 9.58. The number of aromatic amines is 1. The average molecular weight is 483 g/mol. The zero-order valence-electron chi connectivity index (χ0n) is 20.8. The molecular formula is C27H35ClN4O2. The van der Waals surface area contributed by atoms with Crippen LogP contribution in [-0.4, -0.2) is 47.6 Å². The van der Waals surface area contributed by atoms with Crippen LogP contribution in [0.15, 0.2) is 35.3 Å². The van der Waals surface area contributed by atoms with E-state index >= 15 is 0 Å². The van der Waals surface area contributed by atoms with Crippen LogP contribution in [0.25, 0.3) is 10.8 Å². The van der Waals surface area contributed by atoms with Crippen molar-refractivity contribution in [2.75, 3.05) is 25.5 Å². The van der Waals surface area contributed by atoms with Gasteiger partial charge >= 0.3 is 0 Å². The Kier molecular flexibility index (Phi) is 7.48. The molecule has 1 fully saturated rings. The third-order valence-electron chi connectivity index (χ3n) is 7.12. The number of rotatable bonds is 7. The standard InChI is InChI=1S/C27H35ClN4O2/c1-6-32(21-9-7-20(8-10-21)31(4)5)25-15-19(28)14-23-22(25)11-12-29-27(23)34-16-24-17(2)13-18(3)30-26(24)33/h11-15,20-21H,6-10,16H2,1-5H3,(H,30,33)/t20-,21+. The first-order valence-electron chi connectivity index (χ1n) is 12.1. The van der Waals surface area contributed by atoms with E-state index < -0.39 is 0 Å². The van der Waals surface area contributed by atoms with E-state index in [4.69, 9.17) is 16.3 Å². The van der Waals surface area contributed by atoms with Crippen LogP contribution in [0.4, 0.5) is 5.69 Å². The number of hydrogen-bond acceptors (Lipinski definition) is 5. The molecular weight excluding hydrogens is 448 g/mol. The van der Waals surface area contributed by atoms with Gasteiger partial charge in [0.25, 0.3) is 5.56 Å². The third kappa shape index (κ3) is 5.08. The van der Waals surface area contributed by atoms with Gasteiger partial charge in [-0.3, -0.25) is 4.79 Å². The Morgan fingerprint density at radius 3 is 2.44 bits per heavy atom. The topological polar surface area (TPSA) is 61.5 Å². The number of hydrogen-bond donors (Lipinski definition) is 1. The van der Waals surface area contributed by atoms with Gasteiger partial charge in [-0.2, -0.15) is 0 Å². The number of halogens is 1. The Morgan fingerprint density at radius 1 is 1.09 bits per heavy atom. The minimum absolute atomic E-state index is 0.123. The molecule has 1 N–H and O–H groups in total. The predicted molar refractivity (Wildman–Crippen MR) is 140 cm³/mol. The number of aromatic nitrogens is 2. The zero-order chi connectivity index (χ0) is 24.4. The highest BCUT2D eigenvalue weighted by Gasteiger charge is 2.27. The number of benzene rings is 1. The fraction of sp³-hybridized carbons (Fsp3) is 0.481. The molecule has 0 radical (unpaired) electrons. The lowest BCUT2D eigenvalue weighted by atomic mass is 9.89. The molecule has 4 rings (SSSR count). The summed E-state index contributed by atoms with van der Waals surface area (Å²) in [5.41, 5.74) is 3.35. The van der Waals surface area contributed by atoms with Crippen molar-refractivity contribution in [2.45, 2.75) is 65.1 Å². The highest BCUT2D eigenvalue weighted by Crippen LogP contribution is 2.38. The molecule has 0 saturated heterocycles. The lowest BCUT2D eigenvalue weighted by Crippen LogP contribution is -2.42. The van der Waals surface area contributed by atoms with Crippen LogP contribution in [0, 0.1) is 13.8 Å². The fourth-order valence-electron chi connectivity index (χ4n) is 5.27. The summed E-state index contributed by atoms with van der Waals surface area (Å²) in [7, 11) is 4.35. The van der Waals surface area contributed by atoms with Gasteiger partial charge in [-0.15, -0.1) is 0 Å². The molecule has 1 aliphatic rings. The summed E-state index contributed by atoms with van der Waals surface area (Å²) in [6.45, 7) is 7.07. The summed E-state index contributed by atoms with van der Waals surface area (Å²) >= 11 is 6.61. The zero-order valence-corrected chi connectivity index (χ0v) is 21.6. The molecule has 0 atom stereocenters. The molecule has 1 aromatic carbocycles. The van der Waals surface area contributed by atoms with Crippen molar-refractivity contribution in [3.63, 3.8) is 0 Å². The Morgan fingerprint density at radius 2 is 1.79 bits per heavy atom. The van der Waals surface area contributed by atoms with Gasteiger partial charge in [0, 0.05) is 52.0 Å². The fourth-order valence-corrected chi connectivity index (χ4v) is 5.48. The maximum atomic E-state index is 12.4. The summed E-state index contributed by atoms with van der Waals surface area (Å²) in [4.78, 5) is 24.6. The van der Waals surface area contributed by atoms with E-state index in [-0.39, 0.29) is 12.2 Å². The molecule has 0 aliphatic heterocycles. The Labute approximate surface area is 206 Å². The van der Waals surface area contributed by atoms with Gasteiger partial charge in [-0.05, 0) is 90.4 Å². The van der Waals surface area contributed by atoms with Gasteiger partial charge in [-0.25, -0.2) is 4.98 Å². The maximum Gasteiger partial charge on any atom is 0.255 e. The first-order valence-corrected chi connectivity index (χ1v) is 12.5. The van der Waals surface area contributed by atoms with Crippen LogP contribution in [-0.2, 0) is 6.61 Å². The monoisotopic (exact) mass is 482 g/mol. The van der Waals surface area contributed by atoms with Crippen molar-refractivity contribution < 1.29 is 4.74 Å². The molecule has 6 nitrogen and oxygen atoms in total.